The maximum atomic E-state index is 12.2. The molecule has 0 unspecified atom stereocenters. The summed E-state index contributed by atoms with van der Waals surface area (Å²) in [5.74, 6) is -0.585. The van der Waals surface area contributed by atoms with E-state index >= 15 is 0 Å². The summed E-state index contributed by atoms with van der Waals surface area (Å²) in [7, 11) is 0. The van der Waals surface area contributed by atoms with Crippen LogP contribution in [-0.4, -0.2) is 25.0 Å². The Morgan fingerprint density at radius 3 is 2.54 bits per heavy atom. The number of aryl methyl sites for hydroxylation is 2. The molecule has 2 aromatic rings. The van der Waals surface area contributed by atoms with Crippen LogP contribution in [0, 0.1) is 13.8 Å². The summed E-state index contributed by atoms with van der Waals surface area (Å²) in [5, 5.41) is 5.87. The standard InChI is InChI=1S/C19H22N2O3/c1-4-24-19(23)15-7-5-6-8-16(15)20-12-18(22)21-17-11-13(2)9-10-14(17)3/h5-11,20H,4,12H2,1-3H3,(H,21,22). The average molecular weight is 326 g/mol. The Hall–Kier alpha value is -2.82. The number of carbonyl (C=O) groups is 2. The highest BCUT2D eigenvalue weighted by Crippen LogP contribution is 2.18. The smallest absolute Gasteiger partial charge is 0.340 e. The van der Waals surface area contributed by atoms with Crippen molar-refractivity contribution in [2.24, 2.45) is 0 Å². The third-order valence-electron chi connectivity index (χ3n) is 3.53. The predicted molar refractivity (Wildman–Crippen MR) is 95.4 cm³/mol. The fourth-order valence-corrected chi connectivity index (χ4v) is 2.26. The third-order valence-corrected chi connectivity index (χ3v) is 3.53. The number of carbonyl (C=O) groups excluding carboxylic acids is 2. The van der Waals surface area contributed by atoms with Gasteiger partial charge >= 0.3 is 5.97 Å². The summed E-state index contributed by atoms with van der Waals surface area (Å²) in [4.78, 5) is 24.1. The quantitative estimate of drug-likeness (QED) is 0.797. The monoisotopic (exact) mass is 326 g/mol. The summed E-state index contributed by atoms with van der Waals surface area (Å²) < 4.78 is 5.02. The van der Waals surface area contributed by atoms with Gasteiger partial charge in [-0.25, -0.2) is 4.79 Å². The first kappa shape index (κ1) is 17.5. The molecule has 2 aromatic carbocycles. The number of rotatable bonds is 6. The van der Waals surface area contributed by atoms with Crippen LogP contribution in [0.2, 0.25) is 0 Å². The van der Waals surface area contributed by atoms with Crippen molar-refractivity contribution in [3.8, 4) is 0 Å². The third kappa shape index (κ3) is 4.59. The van der Waals surface area contributed by atoms with Gasteiger partial charge in [0.15, 0.2) is 0 Å². The van der Waals surface area contributed by atoms with E-state index in [0.29, 0.717) is 17.9 Å². The van der Waals surface area contributed by atoms with Gasteiger partial charge in [-0.1, -0.05) is 24.3 Å². The highest BCUT2D eigenvalue weighted by molar-refractivity contribution is 5.98. The van der Waals surface area contributed by atoms with Crippen LogP contribution in [0.1, 0.15) is 28.4 Å². The molecule has 5 nitrogen and oxygen atoms in total. The van der Waals surface area contributed by atoms with Crippen molar-refractivity contribution in [2.45, 2.75) is 20.8 Å². The number of hydrogen-bond acceptors (Lipinski definition) is 4. The summed E-state index contributed by atoms with van der Waals surface area (Å²) in [5.41, 5.74) is 3.86. The maximum Gasteiger partial charge on any atom is 0.340 e. The zero-order valence-corrected chi connectivity index (χ0v) is 14.2. The lowest BCUT2D eigenvalue weighted by Gasteiger charge is -2.12. The Labute approximate surface area is 142 Å². The lowest BCUT2D eigenvalue weighted by molar-refractivity contribution is -0.114. The minimum atomic E-state index is -0.407. The molecule has 2 N–H and O–H groups in total. The minimum Gasteiger partial charge on any atom is -0.462 e. The van der Waals surface area contributed by atoms with Gasteiger partial charge < -0.3 is 15.4 Å². The number of amides is 1. The van der Waals surface area contributed by atoms with Crippen LogP contribution in [0.25, 0.3) is 0 Å². The van der Waals surface area contributed by atoms with Gasteiger partial charge in [0, 0.05) is 11.4 Å². The van der Waals surface area contributed by atoms with Crippen molar-refractivity contribution in [3.05, 3.63) is 59.2 Å². The van der Waals surface area contributed by atoms with Crippen LogP contribution < -0.4 is 10.6 Å². The predicted octanol–water partition coefficient (Wildman–Crippen LogP) is 3.53. The summed E-state index contributed by atoms with van der Waals surface area (Å²) in [6.45, 7) is 6.04. The van der Waals surface area contributed by atoms with Gasteiger partial charge in [-0.3, -0.25) is 4.79 Å². The Morgan fingerprint density at radius 2 is 1.79 bits per heavy atom. The van der Waals surface area contributed by atoms with E-state index in [9.17, 15) is 9.59 Å². The van der Waals surface area contributed by atoms with E-state index in [2.05, 4.69) is 10.6 Å². The number of anilines is 2. The minimum absolute atomic E-state index is 0.0593. The van der Waals surface area contributed by atoms with E-state index < -0.39 is 5.97 Å². The van der Waals surface area contributed by atoms with Crippen LogP contribution >= 0.6 is 0 Å². The van der Waals surface area contributed by atoms with E-state index in [4.69, 9.17) is 4.74 Å². The molecule has 0 spiro atoms. The largest absolute Gasteiger partial charge is 0.462 e. The molecule has 0 aromatic heterocycles. The van der Waals surface area contributed by atoms with E-state index in [1.54, 1.807) is 31.2 Å². The van der Waals surface area contributed by atoms with Gasteiger partial charge in [-0.2, -0.15) is 0 Å². The molecule has 0 atom stereocenters. The molecule has 5 heteroatoms. The highest BCUT2D eigenvalue weighted by atomic mass is 16.5. The van der Waals surface area contributed by atoms with Crippen molar-refractivity contribution in [2.75, 3.05) is 23.8 Å². The molecule has 0 fully saturated rings. The Bertz CT molecular complexity index is 741. The van der Waals surface area contributed by atoms with E-state index in [1.807, 2.05) is 32.0 Å². The lowest BCUT2D eigenvalue weighted by atomic mass is 10.1. The highest BCUT2D eigenvalue weighted by Gasteiger charge is 2.12. The summed E-state index contributed by atoms with van der Waals surface area (Å²) >= 11 is 0. The zero-order valence-electron chi connectivity index (χ0n) is 14.2. The SMILES string of the molecule is CCOC(=O)c1ccccc1NCC(=O)Nc1cc(C)ccc1C. The number of nitrogens with one attached hydrogen (secondary N) is 2. The van der Waals surface area contributed by atoms with Crippen LogP contribution in [0.5, 0.6) is 0 Å². The van der Waals surface area contributed by atoms with Crippen LogP contribution in [0.15, 0.2) is 42.5 Å². The second kappa shape index (κ2) is 8.15. The Morgan fingerprint density at radius 1 is 1.04 bits per heavy atom. The first-order valence-corrected chi connectivity index (χ1v) is 7.88. The van der Waals surface area contributed by atoms with Gasteiger partial charge in [-0.15, -0.1) is 0 Å². The van der Waals surface area contributed by atoms with Crippen molar-refractivity contribution in [3.63, 3.8) is 0 Å². The summed E-state index contributed by atoms with van der Waals surface area (Å²) in [6, 6.07) is 12.9. The van der Waals surface area contributed by atoms with Crippen LogP contribution in [0.4, 0.5) is 11.4 Å². The molecule has 0 bridgehead atoms. The Balaban J connectivity index is 2.02. The van der Waals surface area contributed by atoms with Crippen molar-refractivity contribution < 1.29 is 14.3 Å². The average Bonchev–Trinajstić information content (AvgIpc) is 2.57. The van der Waals surface area contributed by atoms with Crippen LogP contribution in [0.3, 0.4) is 0 Å². The molecule has 2 rings (SSSR count). The van der Waals surface area contributed by atoms with Crippen molar-refractivity contribution in [1.29, 1.82) is 0 Å². The first-order chi connectivity index (χ1) is 11.5. The molecule has 0 heterocycles. The molecule has 0 radical (unpaired) electrons. The number of ether oxygens (including phenoxy) is 1. The number of esters is 1. The van der Waals surface area contributed by atoms with E-state index in [0.717, 1.165) is 16.8 Å². The number of hydrogen-bond donors (Lipinski definition) is 2. The van der Waals surface area contributed by atoms with Gasteiger partial charge in [0.25, 0.3) is 0 Å². The van der Waals surface area contributed by atoms with Crippen LogP contribution in [-0.2, 0) is 9.53 Å². The molecule has 1 amide bonds. The van der Waals surface area contributed by atoms with E-state index in [-0.39, 0.29) is 12.5 Å². The number of benzene rings is 2. The molecule has 0 aliphatic rings. The molecule has 0 aliphatic heterocycles. The zero-order chi connectivity index (χ0) is 17.5. The van der Waals surface area contributed by atoms with Gasteiger partial charge in [0.05, 0.1) is 18.7 Å². The normalized spacial score (nSPS) is 10.1. The van der Waals surface area contributed by atoms with Gasteiger partial charge in [-0.05, 0) is 50.1 Å². The van der Waals surface area contributed by atoms with Gasteiger partial charge in [0.2, 0.25) is 5.91 Å². The fraction of sp³-hybridized carbons (Fsp3) is 0.263. The topological polar surface area (TPSA) is 67.4 Å². The second-order valence-corrected chi connectivity index (χ2v) is 5.49. The Kier molecular flexibility index (Phi) is 5.95. The number of para-hydroxylation sites is 1. The second-order valence-electron chi connectivity index (χ2n) is 5.49. The molecular weight excluding hydrogens is 304 g/mol. The molecule has 0 saturated heterocycles. The lowest BCUT2D eigenvalue weighted by Crippen LogP contribution is -2.23. The summed E-state index contributed by atoms with van der Waals surface area (Å²) in [6.07, 6.45) is 0. The fourth-order valence-electron chi connectivity index (χ4n) is 2.26. The molecule has 24 heavy (non-hydrogen) atoms. The molecule has 0 aliphatic carbocycles. The first-order valence-electron chi connectivity index (χ1n) is 7.88. The van der Waals surface area contributed by atoms with E-state index in [1.165, 1.54) is 0 Å². The van der Waals surface area contributed by atoms with Crippen molar-refractivity contribution in [1.82, 2.24) is 0 Å². The van der Waals surface area contributed by atoms with Gasteiger partial charge in [0.1, 0.15) is 0 Å². The molecule has 126 valence electrons. The van der Waals surface area contributed by atoms with Crippen molar-refractivity contribution >= 4 is 23.3 Å². The maximum absolute atomic E-state index is 12.2. The molecular formula is C19H22N2O3. The molecule has 0 saturated carbocycles.